The van der Waals surface area contributed by atoms with Crippen LogP contribution in [0, 0.1) is 23.7 Å². The van der Waals surface area contributed by atoms with Gasteiger partial charge in [0.15, 0.2) is 0 Å². The lowest BCUT2D eigenvalue weighted by atomic mass is 9.69. The number of thioether (sulfide) groups is 2. The SMILES string of the molecule is CCC1CCC(C2CCC(C3SCCCS3)CC2)CC1. The highest BCUT2D eigenvalue weighted by Gasteiger charge is 2.33. The molecule has 0 atom stereocenters. The fourth-order valence-corrected chi connectivity index (χ4v) is 8.05. The molecule has 0 nitrogen and oxygen atoms in total. The predicted molar refractivity (Wildman–Crippen MR) is 94.5 cm³/mol. The highest BCUT2D eigenvalue weighted by atomic mass is 32.2. The highest BCUT2D eigenvalue weighted by Crippen LogP contribution is 2.47. The van der Waals surface area contributed by atoms with Gasteiger partial charge in [0.1, 0.15) is 0 Å². The molecule has 0 aromatic rings. The zero-order valence-electron chi connectivity index (χ0n) is 13.2. The van der Waals surface area contributed by atoms with Gasteiger partial charge in [-0.15, -0.1) is 23.5 Å². The van der Waals surface area contributed by atoms with E-state index in [1.807, 2.05) is 0 Å². The van der Waals surface area contributed by atoms with E-state index in [0.29, 0.717) is 0 Å². The number of rotatable bonds is 3. The molecule has 2 saturated carbocycles. The summed E-state index contributed by atoms with van der Waals surface area (Å²) in [5, 5.41) is 0. The molecule has 1 heterocycles. The highest BCUT2D eigenvalue weighted by molar-refractivity contribution is 8.17. The van der Waals surface area contributed by atoms with E-state index in [1.54, 1.807) is 38.5 Å². The van der Waals surface area contributed by atoms with Crippen LogP contribution in [0.5, 0.6) is 0 Å². The summed E-state index contributed by atoms with van der Waals surface area (Å²) in [7, 11) is 0. The summed E-state index contributed by atoms with van der Waals surface area (Å²) >= 11 is 4.55. The maximum atomic E-state index is 2.38. The van der Waals surface area contributed by atoms with Crippen LogP contribution in [-0.4, -0.2) is 16.1 Å². The Morgan fingerprint density at radius 1 is 0.700 bits per heavy atom. The fourth-order valence-electron chi connectivity index (χ4n) is 4.73. The molecular weight excluding hydrogens is 280 g/mol. The van der Waals surface area contributed by atoms with Crippen LogP contribution in [0.15, 0.2) is 0 Å². The average Bonchev–Trinajstić information content (AvgIpc) is 2.56. The topological polar surface area (TPSA) is 0 Å². The van der Waals surface area contributed by atoms with E-state index in [-0.39, 0.29) is 0 Å². The second-order valence-electron chi connectivity index (χ2n) is 7.33. The maximum Gasteiger partial charge on any atom is 0.0530 e. The van der Waals surface area contributed by atoms with E-state index in [0.717, 1.165) is 28.3 Å². The fraction of sp³-hybridized carbons (Fsp3) is 1.00. The maximum absolute atomic E-state index is 2.38. The Bertz CT molecular complexity index is 269. The summed E-state index contributed by atoms with van der Waals surface area (Å²) in [5.74, 6) is 7.18. The van der Waals surface area contributed by atoms with Gasteiger partial charge in [-0.05, 0) is 80.1 Å². The van der Waals surface area contributed by atoms with Crippen molar-refractivity contribution in [2.45, 2.75) is 75.7 Å². The van der Waals surface area contributed by atoms with Gasteiger partial charge in [0, 0.05) is 0 Å². The molecule has 0 spiro atoms. The largest absolute Gasteiger partial charge is 0.147 e. The third kappa shape index (κ3) is 3.91. The van der Waals surface area contributed by atoms with E-state index in [9.17, 15) is 0 Å². The standard InChI is InChI=1S/C18H32S2/c1-2-14-4-6-15(7-5-14)16-8-10-17(11-9-16)18-19-12-3-13-20-18/h14-18H,2-13H2,1H3. The van der Waals surface area contributed by atoms with E-state index < -0.39 is 0 Å². The quantitative estimate of drug-likeness (QED) is 0.608. The monoisotopic (exact) mass is 312 g/mol. The van der Waals surface area contributed by atoms with Gasteiger partial charge in [-0.3, -0.25) is 0 Å². The van der Waals surface area contributed by atoms with Crippen molar-refractivity contribution < 1.29 is 0 Å². The van der Waals surface area contributed by atoms with Crippen molar-refractivity contribution in [1.29, 1.82) is 0 Å². The van der Waals surface area contributed by atoms with Crippen LogP contribution in [0.2, 0.25) is 0 Å². The first-order valence-corrected chi connectivity index (χ1v) is 11.2. The molecule has 20 heavy (non-hydrogen) atoms. The van der Waals surface area contributed by atoms with Crippen LogP contribution in [0.3, 0.4) is 0 Å². The Morgan fingerprint density at radius 3 is 1.75 bits per heavy atom. The summed E-state index contributed by atoms with van der Waals surface area (Å²) in [5.41, 5.74) is 0. The smallest absolute Gasteiger partial charge is 0.0530 e. The Morgan fingerprint density at radius 2 is 1.20 bits per heavy atom. The third-order valence-electron chi connectivity index (χ3n) is 6.19. The molecule has 2 heteroatoms. The third-order valence-corrected chi connectivity index (χ3v) is 9.48. The molecule has 0 bridgehead atoms. The summed E-state index contributed by atoms with van der Waals surface area (Å²) in [6, 6.07) is 0. The zero-order valence-corrected chi connectivity index (χ0v) is 14.8. The van der Waals surface area contributed by atoms with Crippen molar-refractivity contribution in [3.63, 3.8) is 0 Å². The lowest BCUT2D eigenvalue weighted by molar-refractivity contribution is 0.148. The van der Waals surface area contributed by atoms with E-state index in [1.165, 1.54) is 37.2 Å². The second-order valence-corrected chi connectivity index (χ2v) is 10.1. The molecule has 0 radical (unpaired) electrons. The van der Waals surface area contributed by atoms with Gasteiger partial charge in [-0.2, -0.15) is 0 Å². The van der Waals surface area contributed by atoms with Gasteiger partial charge >= 0.3 is 0 Å². The van der Waals surface area contributed by atoms with Crippen LogP contribution in [0.25, 0.3) is 0 Å². The van der Waals surface area contributed by atoms with Gasteiger partial charge in [0.05, 0.1) is 4.58 Å². The van der Waals surface area contributed by atoms with Crippen LogP contribution in [0.4, 0.5) is 0 Å². The zero-order chi connectivity index (χ0) is 13.8. The van der Waals surface area contributed by atoms with Gasteiger partial charge in [-0.25, -0.2) is 0 Å². The molecule has 0 N–H and O–H groups in total. The molecule has 1 aliphatic heterocycles. The van der Waals surface area contributed by atoms with Crippen molar-refractivity contribution >= 4 is 23.5 Å². The second kappa shape index (κ2) is 7.81. The molecule has 0 aromatic carbocycles. The molecule has 3 aliphatic rings. The minimum atomic E-state index is 0.959. The summed E-state index contributed by atoms with van der Waals surface area (Å²) in [4.78, 5) is 0. The predicted octanol–water partition coefficient (Wildman–Crippen LogP) is 6.21. The van der Waals surface area contributed by atoms with Crippen LogP contribution in [0.1, 0.15) is 71.1 Å². The molecule has 116 valence electrons. The van der Waals surface area contributed by atoms with Crippen LogP contribution in [-0.2, 0) is 0 Å². The van der Waals surface area contributed by atoms with Crippen molar-refractivity contribution in [1.82, 2.24) is 0 Å². The summed E-state index contributed by atoms with van der Waals surface area (Å²) < 4.78 is 0.959. The molecule has 0 unspecified atom stereocenters. The summed E-state index contributed by atoms with van der Waals surface area (Å²) in [6.45, 7) is 2.38. The van der Waals surface area contributed by atoms with Crippen LogP contribution < -0.4 is 0 Å². The number of hydrogen-bond donors (Lipinski definition) is 0. The first kappa shape index (κ1) is 15.6. The number of hydrogen-bond acceptors (Lipinski definition) is 2. The molecule has 0 amide bonds. The van der Waals surface area contributed by atoms with Gasteiger partial charge in [0.2, 0.25) is 0 Å². The van der Waals surface area contributed by atoms with E-state index >= 15 is 0 Å². The molecule has 0 aromatic heterocycles. The Kier molecular flexibility index (Phi) is 6.09. The molecular formula is C18H32S2. The van der Waals surface area contributed by atoms with Gasteiger partial charge in [0.25, 0.3) is 0 Å². The van der Waals surface area contributed by atoms with Crippen molar-refractivity contribution in [3.05, 3.63) is 0 Å². The van der Waals surface area contributed by atoms with E-state index in [2.05, 4.69) is 30.4 Å². The normalized spacial score (nSPS) is 40.6. The first-order chi connectivity index (χ1) is 9.86. The average molecular weight is 313 g/mol. The van der Waals surface area contributed by atoms with Gasteiger partial charge < -0.3 is 0 Å². The first-order valence-electron chi connectivity index (χ1n) is 9.10. The minimum Gasteiger partial charge on any atom is -0.147 e. The Hall–Kier alpha value is 0.700. The molecule has 3 fully saturated rings. The van der Waals surface area contributed by atoms with Gasteiger partial charge in [-0.1, -0.05) is 26.2 Å². The molecule has 3 rings (SSSR count). The van der Waals surface area contributed by atoms with Crippen LogP contribution >= 0.6 is 23.5 Å². The van der Waals surface area contributed by atoms with Crippen molar-refractivity contribution in [3.8, 4) is 0 Å². The minimum absolute atomic E-state index is 0.959. The lowest BCUT2D eigenvalue weighted by Crippen LogP contribution is -2.29. The Balaban J connectivity index is 1.42. The summed E-state index contributed by atoms with van der Waals surface area (Å²) in [6.07, 6.45) is 15.3. The molecule has 2 aliphatic carbocycles. The van der Waals surface area contributed by atoms with Crippen molar-refractivity contribution in [2.24, 2.45) is 23.7 Å². The Labute approximate surface area is 134 Å². The van der Waals surface area contributed by atoms with Crippen molar-refractivity contribution in [2.75, 3.05) is 11.5 Å². The molecule has 1 saturated heterocycles. The van der Waals surface area contributed by atoms with E-state index in [4.69, 9.17) is 0 Å². The lowest BCUT2D eigenvalue weighted by Gasteiger charge is -2.40.